The molecule has 0 spiro atoms. The molecule has 0 saturated heterocycles. The number of hydrogen-bond donors (Lipinski definition) is 0. The number of halogens is 1. The maximum absolute atomic E-state index is 12.6. The van der Waals surface area contributed by atoms with Crippen LogP contribution in [0.1, 0.15) is 36.2 Å². The number of nitrogens with zero attached hydrogens (tertiary/aromatic N) is 4. The van der Waals surface area contributed by atoms with Crippen molar-refractivity contribution in [3.8, 4) is 5.75 Å². The predicted octanol–water partition coefficient (Wildman–Crippen LogP) is 3.18. The number of fused-ring (bicyclic) bond motifs is 1. The first-order valence-electron chi connectivity index (χ1n) is 8.86. The summed E-state index contributed by atoms with van der Waals surface area (Å²) >= 11 is 4.31. The lowest BCUT2D eigenvalue weighted by atomic mass is 10.2. The van der Waals surface area contributed by atoms with Crippen molar-refractivity contribution in [2.45, 2.75) is 25.7 Å². The molecule has 0 N–H and O–H groups in total. The smallest absolute Gasteiger partial charge is 0.287 e. The highest BCUT2D eigenvalue weighted by molar-refractivity contribution is 7.84. The zero-order chi connectivity index (χ0) is 19.4. The molecule has 0 bridgehead atoms. The fraction of sp³-hybridized carbons (Fsp3) is 0.444. The number of carbonyl (C=O) groups excluding carboxylic acids is 1. The van der Waals surface area contributed by atoms with Gasteiger partial charge in [-0.3, -0.25) is 9.10 Å². The first-order chi connectivity index (χ1) is 13.0. The SMILES string of the molecule is CN1c2ncn(C)c2C(=O)N(CCCCCCOc2ccc(Cl)cc2)S1=O. The number of unbranched alkanes of at least 4 members (excludes halogenated alkanes) is 3. The molecular weight excluding hydrogens is 388 g/mol. The predicted molar refractivity (Wildman–Crippen MR) is 106 cm³/mol. The topological polar surface area (TPSA) is 67.7 Å². The van der Waals surface area contributed by atoms with Crippen molar-refractivity contribution in [3.05, 3.63) is 41.3 Å². The molecule has 0 fully saturated rings. The largest absolute Gasteiger partial charge is 0.494 e. The van der Waals surface area contributed by atoms with E-state index in [9.17, 15) is 9.00 Å². The molecule has 1 unspecified atom stereocenters. The Hall–Kier alpha value is -2.06. The lowest BCUT2D eigenvalue weighted by Crippen LogP contribution is -2.46. The van der Waals surface area contributed by atoms with Crippen LogP contribution in [0.4, 0.5) is 5.82 Å². The molecule has 7 nitrogen and oxygen atoms in total. The third-order valence-corrected chi connectivity index (χ3v) is 6.02. The van der Waals surface area contributed by atoms with Gasteiger partial charge in [-0.25, -0.2) is 13.5 Å². The average Bonchev–Trinajstić information content (AvgIpc) is 3.05. The molecule has 2 heterocycles. The van der Waals surface area contributed by atoms with Gasteiger partial charge in [-0.1, -0.05) is 24.4 Å². The quantitative estimate of drug-likeness (QED) is 0.627. The van der Waals surface area contributed by atoms with Crippen molar-refractivity contribution >= 4 is 34.5 Å². The molecule has 1 aliphatic rings. The Balaban J connectivity index is 1.40. The van der Waals surface area contributed by atoms with Crippen LogP contribution in [0.5, 0.6) is 5.75 Å². The highest BCUT2D eigenvalue weighted by Crippen LogP contribution is 2.27. The maximum atomic E-state index is 12.6. The summed E-state index contributed by atoms with van der Waals surface area (Å²) in [4.78, 5) is 16.8. The highest BCUT2D eigenvalue weighted by atomic mass is 35.5. The van der Waals surface area contributed by atoms with E-state index in [1.165, 1.54) is 8.61 Å². The fourth-order valence-electron chi connectivity index (χ4n) is 2.92. The number of aromatic nitrogens is 2. The summed E-state index contributed by atoms with van der Waals surface area (Å²) in [5.74, 6) is 1.05. The minimum atomic E-state index is -1.53. The minimum Gasteiger partial charge on any atom is -0.494 e. The van der Waals surface area contributed by atoms with Crippen LogP contribution in [-0.2, 0) is 18.2 Å². The Bertz CT molecular complexity index is 825. The first-order valence-corrected chi connectivity index (χ1v) is 10.3. The molecule has 2 aromatic rings. The van der Waals surface area contributed by atoms with Gasteiger partial charge in [0.15, 0.2) is 11.5 Å². The second-order valence-electron chi connectivity index (χ2n) is 6.38. The Labute approximate surface area is 166 Å². The summed E-state index contributed by atoms with van der Waals surface area (Å²) in [6, 6.07) is 7.31. The number of ether oxygens (including phenoxy) is 1. The van der Waals surface area contributed by atoms with E-state index in [-0.39, 0.29) is 5.91 Å². The summed E-state index contributed by atoms with van der Waals surface area (Å²) in [7, 11) is 3.46. The van der Waals surface area contributed by atoms with Gasteiger partial charge < -0.3 is 9.30 Å². The Morgan fingerprint density at radius 2 is 1.81 bits per heavy atom. The van der Waals surface area contributed by atoms with Crippen molar-refractivity contribution < 1.29 is 13.7 Å². The summed E-state index contributed by atoms with van der Waals surface area (Å²) in [6.45, 7) is 1.09. The van der Waals surface area contributed by atoms with Crippen LogP contribution in [0.15, 0.2) is 30.6 Å². The monoisotopic (exact) mass is 410 g/mol. The Morgan fingerprint density at radius 1 is 1.11 bits per heavy atom. The zero-order valence-corrected chi connectivity index (χ0v) is 17.0. The van der Waals surface area contributed by atoms with Crippen LogP contribution < -0.4 is 9.04 Å². The van der Waals surface area contributed by atoms with Crippen molar-refractivity contribution in [2.75, 3.05) is 24.5 Å². The van der Waals surface area contributed by atoms with E-state index in [0.29, 0.717) is 29.7 Å². The normalized spacial score (nSPS) is 16.6. The van der Waals surface area contributed by atoms with E-state index in [4.69, 9.17) is 16.3 Å². The molecule has 1 aromatic carbocycles. The van der Waals surface area contributed by atoms with Gasteiger partial charge in [0.2, 0.25) is 11.2 Å². The number of aryl methyl sites for hydroxylation is 1. The van der Waals surface area contributed by atoms with Crippen LogP contribution in [0.3, 0.4) is 0 Å². The first kappa shape index (κ1) is 19.7. The van der Waals surface area contributed by atoms with Gasteiger partial charge in [0.25, 0.3) is 5.91 Å². The Morgan fingerprint density at radius 3 is 2.56 bits per heavy atom. The van der Waals surface area contributed by atoms with Crippen LogP contribution in [-0.4, -0.2) is 44.2 Å². The highest BCUT2D eigenvalue weighted by Gasteiger charge is 2.36. The van der Waals surface area contributed by atoms with Crippen LogP contribution in [0.2, 0.25) is 5.02 Å². The van der Waals surface area contributed by atoms with Gasteiger partial charge in [-0.2, -0.15) is 0 Å². The molecule has 3 rings (SSSR count). The fourth-order valence-corrected chi connectivity index (χ4v) is 4.13. The van der Waals surface area contributed by atoms with Crippen molar-refractivity contribution in [2.24, 2.45) is 7.05 Å². The molecule has 9 heteroatoms. The van der Waals surface area contributed by atoms with Gasteiger partial charge in [-0.15, -0.1) is 0 Å². The zero-order valence-electron chi connectivity index (χ0n) is 15.4. The van der Waals surface area contributed by atoms with Gasteiger partial charge in [-0.05, 0) is 37.1 Å². The van der Waals surface area contributed by atoms with Crippen molar-refractivity contribution in [1.82, 2.24) is 13.9 Å². The molecule has 27 heavy (non-hydrogen) atoms. The number of benzene rings is 1. The Kier molecular flexibility index (Phi) is 6.38. The number of amides is 1. The maximum Gasteiger partial charge on any atom is 0.287 e. The van der Waals surface area contributed by atoms with Gasteiger partial charge in [0.1, 0.15) is 5.75 Å². The molecule has 1 amide bonds. The average molecular weight is 411 g/mol. The van der Waals surface area contributed by atoms with Crippen molar-refractivity contribution in [1.29, 1.82) is 0 Å². The number of anilines is 1. The number of hydrogen-bond acceptors (Lipinski definition) is 4. The third kappa shape index (κ3) is 4.44. The lowest BCUT2D eigenvalue weighted by Gasteiger charge is -2.31. The number of rotatable bonds is 8. The van der Waals surface area contributed by atoms with E-state index < -0.39 is 11.2 Å². The lowest BCUT2D eigenvalue weighted by molar-refractivity contribution is 0.0853. The minimum absolute atomic E-state index is 0.229. The number of imidazole rings is 1. The second-order valence-corrected chi connectivity index (χ2v) is 8.27. The molecule has 1 aromatic heterocycles. The molecule has 1 atom stereocenters. The van der Waals surface area contributed by atoms with E-state index >= 15 is 0 Å². The summed E-state index contributed by atoms with van der Waals surface area (Å²) in [6.07, 6.45) is 5.20. The summed E-state index contributed by atoms with van der Waals surface area (Å²) in [5.41, 5.74) is 0.480. The van der Waals surface area contributed by atoms with Gasteiger partial charge >= 0.3 is 0 Å². The van der Waals surface area contributed by atoms with Crippen LogP contribution >= 0.6 is 11.6 Å². The molecule has 0 saturated carbocycles. The molecule has 146 valence electrons. The van der Waals surface area contributed by atoms with Gasteiger partial charge in [0.05, 0.1) is 12.9 Å². The molecule has 0 aliphatic carbocycles. The van der Waals surface area contributed by atoms with E-state index in [0.717, 1.165) is 31.4 Å². The summed E-state index contributed by atoms with van der Waals surface area (Å²) in [5, 5.41) is 0.691. The van der Waals surface area contributed by atoms with E-state index in [2.05, 4.69) is 4.98 Å². The second kappa shape index (κ2) is 8.75. The molecular formula is C18H23ClN4O3S. The number of carbonyl (C=O) groups is 1. The third-order valence-electron chi connectivity index (χ3n) is 4.41. The van der Waals surface area contributed by atoms with Gasteiger partial charge in [0, 0.05) is 25.7 Å². The van der Waals surface area contributed by atoms with Crippen LogP contribution in [0.25, 0.3) is 0 Å². The van der Waals surface area contributed by atoms with E-state index in [1.807, 2.05) is 12.1 Å². The summed E-state index contributed by atoms with van der Waals surface area (Å²) < 4.78 is 22.8. The molecule has 1 aliphatic heterocycles. The van der Waals surface area contributed by atoms with Crippen LogP contribution in [0, 0.1) is 0 Å². The van der Waals surface area contributed by atoms with Crippen molar-refractivity contribution in [3.63, 3.8) is 0 Å². The van der Waals surface area contributed by atoms with E-state index in [1.54, 1.807) is 37.1 Å². The standard InChI is InChI=1S/C18H23ClN4O3S/c1-21-13-20-17-16(21)18(24)23(27(25)22(17)2)11-5-3-4-6-12-26-15-9-7-14(19)8-10-15/h7-10,13H,3-6,11-12H2,1-2H3. The molecule has 0 radical (unpaired) electrons.